The lowest BCUT2D eigenvalue weighted by Crippen LogP contribution is -2.48. The van der Waals surface area contributed by atoms with Gasteiger partial charge in [0.1, 0.15) is 12.4 Å². The number of aromatic nitrogens is 1. The van der Waals surface area contributed by atoms with Gasteiger partial charge in [-0.05, 0) is 41.6 Å². The second-order valence-electron chi connectivity index (χ2n) is 7.69. The van der Waals surface area contributed by atoms with Crippen molar-refractivity contribution in [2.45, 2.75) is 25.7 Å². The minimum atomic E-state index is -1.30. The van der Waals surface area contributed by atoms with Crippen LogP contribution in [-0.2, 0) is 32.0 Å². The van der Waals surface area contributed by atoms with Gasteiger partial charge >= 0.3 is 5.97 Å². The largest absolute Gasteiger partial charge is 0.492 e. The molecule has 6 nitrogen and oxygen atoms in total. The molecule has 1 aromatic heterocycles. The smallest absolute Gasteiger partial charge is 0.366 e. The van der Waals surface area contributed by atoms with Crippen molar-refractivity contribution in [2.24, 2.45) is 5.92 Å². The number of benzene rings is 2. The molecule has 1 aliphatic rings. The summed E-state index contributed by atoms with van der Waals surface area (Å²) in [6.45, 7) is 3.90. The molecule has 0 atom stereocenters. The highest BCUT2D eigenvalue weighted by Gasteiger charge is 2.41. The molecular formula is C24H27NO5. The Labute approximate surface area is 176 Å². The Hall–Kier alpha value is -2.83. The van der Waals surface area contributed by atoms with Crippen LogP contribution in [0.25, 0.3) is 10.9 Å². The fraction of sp³-hybridized carbons (Fsp3) is 0.375. The molecule has 2 heterocycles. The number of rotatable bonds is 7. The van der Waals surface area contributed by atoms with E-state index in [1.165, 1.54) is 23.6 Å². The lowest BCUT2D eigenvalue weighted by Gasteiger charge is -2.35. The maximum Gasteiger partial charge on any atom is 0.366 e. The van der Waals surface area contributed by atoms with Gasteiger partial charge < -0.3 is 23.5 Å². The van der Waals surface area contributed by atoms with Crippen molar-refractivity contribution in [1.29, 1.82) is 0 Å². The van der Waals surface area contributed by atoms with Gasteiger partial charge in [0.15, 0.2) is 0 Å². The number of nitrogens with zero attached hydrogens (tertiary/aromatic N) is 1. The number of esters is 1. The monoisotopic (exact) mass is 409 g/mol. The standard InChI is InChI=1S/C24H27NO5/c1-24(23(26)27-2)29-16-19(17-30-24)15-18-7-9-21(10-8-18)28-14-13-25-12-11-20-5-3-4-6-22(20)25/h3-12,19H,13-17H2,1-2H3/t19-,24+. The molecule has 6 heteroatoms. The summed E-state index contributed by atoms with van der Waals surface area (Å²) >= 11 is 0. The van der Waals surface area contributed by atoms with E-state index in [0.29, 0.717) is 19.8 Å². The predicted octanol–water partition coefficient (Wildman–Crippen LogP) is 3.82. The van der Waals surface area contributed by atoms with Crippen LogP contribution in [0.15, 0.2) is 60.8 Å². The third-order valence-electron chi connectivity index (χ3n) is 5.47. The zero-order valence-electron chi connectivity index (χ0n) is 17.4. The summed E-state index contributed by atoms with van der Waals surface area (Å²) in [5.74, 6) is -0.759. The van der Waals surface area contributed by atoms with Crippen LogP contribution in [0.2, 0.25) is 0 Å². The molecule has 30 heavy (non-hydrogen) atoms. The van der Waals surface area contributed by atoms with Crippen LogP contribution >= 0.6 is 0 Å². The lowest BCUT2D eigenvalue weighted by atomic mass is 9.99. The summed E-state index contributed by atoms with van der Waals surface area (Å²) in [7, 11) is 1.33. The highest BCUT2D eigenvalue weighted by atomic mass is 16.7. The molecule has 0 radical (unpaired) electrons. The Morgan fingerprint density at radius 3 is 2.57 bits per heavy atom. The molecule has 1 fully saturated rings. The third kappa shape index (κ3) is 4.50. The van der Waals surface area contributed by atoms with Crippen molar-refractivity contribution in [3.63, 3.8) is 0 Å². The van der Waals surface area contributed by atoms with E-state index >= 15 is 0 Å². The first-order chi connectivity index (χ1) is 14.6. The van der Waals surface area contributed by atoms with Gasteiger partial charge in [0.05, 0.1) is 26.9 Å². The van der Waals surface area contributed by atoms with Crippen molar-refractivity contribution < 1.29 is 23.7 Å². The zero-order chi connectivity index (χ0) is 21.0. The van der Waals surface area contributed by atoms with E-state index in [1.807, 2.05) is 18.2 Å². The van der Waals surface area contributed by atoms with Crippen LogP contribution in [0, 0.1) is 5.92 Å². The van der Waals surface area contributed by atoms with Crippen LogP contribution in [0.5, 0.6) is 5.75 Å². The molecule has 3 aromatic rings. The molecule has 0 spiro atoms. The van der Waals surface area contributed by atoms with Gasteiger partial charge in [-0.25, -0.2) is 4.79 Å². The highest BCUT2D eigenvalue weighted by Crippen LogP contribution is 2.25. The Bertz CT molecular complexity index is 986. The molecule has 0 bridgehead atoms. The van der Waals surface area contributed by atoms with E-state index in [4.69, 9.17) is 18.9 Å². The molecule has 0 saturated carbocycles. The van der Waals surface area contributed by atoms with E-state index < -0.39 is 11.8 Å². The summed E-state index contributed by atoms with van der Waals surface area (Å²) in [6, 6.07) is 18.6. The number of carbonyl (C=O) groups excluding carboxylic acids is 1. The van der Waals surface area contributed by atoms with E-state index in [2.05, 4.69) is 47.2 Å². The van der Waals surface area contributed by atoms with Gasteiger partial charge in [0.25, 0.3) is 5.79 Å². The Morgan fingerprint density at radius 1 is 1.10 bits per heavy atom. The van der Waals surface area contributed by atoms with Crippen LogP contribution in [0.3, 0.4) is 0 Å². The first-order valence-corrected chi connectivity index (χ1v) is 10.2. The highest BCUT2D eigenvalue weighted by molar-refractivity contribution is 5.79. The maximum absolute atomic E-state index is 11.7. The second kappa shape index (κ2) is 8.90. The Morgan fingerprint density at radius 2 is 1.83 bits per heavy atom. The fourth-order valence-electron chi connectivity index (χ4n) is 3.72. The Kier molecular flexibility index (Phi) is 6.06. The molecule has 0 amide bonds. The molecule has 2 aromatic carbocycles. The number of ether oxygens (including phenoxy) is 4. The van der Waals surface area contributed by atoms with Gasteiger partial charge in [-0.2, -0.15) is 0 Å². The first kappa shape index (κ1) is 20.4. The fourth-order valence-corrected chi connectivity index (χ4v) is 3.72. The number of carbonyl (C=O) groups is 1. The van der Waals surface area contributed by atoms with Crippen molar-refractivity contribution >= 4 is 16.9 Å². The van der Waals surface area contributed by atoms with E-state index in [-0.39, 0.29) is 5.92 Å². The summed E-state index contributed by atoms with van der Waals surface area (Å²) < 4.78 is 24.1. The third-order valence-corrected chi connectivity index (χ3v) is 5.47. The van der Waals surface area contributed by atoms with Gasteiger partial charge in [-0.15, -0.1) is 0 Å². The van der Waals surface area contributed by atoms with Crippen LogP contribution in [0.1, 0.15) is 12.5 Å². The van der Waals surface area contributed by atoms with Crippen molar-refractivity contribution in [3.05, 3.63) is 66.4 Å². The zero-order valence-corrected chi connectivity index (χ0v) is 17.4. The molecule has 1 saturated heterocycles. The van der Waals surface area contributed by atoms with E-state index in [9.17, 15) is 4.79 Å². The molecule has 158 valence electrons. The van der Waals surface area contributed by atoms with Gasteiger partial charge in [-0.1, -0.05) is 30.3 Å². The topological polar surface area (TPSA) is 58.9 Å². The molecule has 0 aliphatic carbocycles. The number of para-hydroxylation sites is 1. The number of fused-ring (bicyclic) bond motifs is 1. The van der Waals surface area contributed by atoms with Crippen LogP contribution in [0.4, 0.5) is 0 Å². The van der Waals surface area contributed by atoms with E-state index in [1.54, 1.807) is 6.92 Å². The Balaban J connectivity index is 1.25. The number of hydrogen-bond donors (Lipinski definition) is 0. The summed E-state index contributed by atoms with van der Waals surface area (Å²) in [6.07, 6.45) is 2.91. The quantitative estimate of drug-likeness (QED) is 0.556. The maximum atomic E-state index is 11.7. The molecule has 1 aliphatic heterocycles. The van der Waals surface area contributed by atoms with Crippen LogP contribution < -0.4 is 4.74 Å². The first-order valence-electron chi connectivity index (χ1n) is 10.2. The number of hydrogen-bond acceptors (Lipinski definition) is 5. The van der Waals surface area contributed by atoms with Gasteiger partial charge in [-0.3, -0.25) is 0 Å². The molecule has 0 unspecified atom stereocenters. The van der Waals surface area contributed by atoms with Crippen molar-refractivity contribution in [2.75, 3.05) is 26.9 Å². The normalized spacial score (nSPS) is 21.5. The summed E-state index contributed by atoms with van der Waals surface area (Å²) in [5, 5.41) is 1.24. The SMILES string of the molecule is COC(=O)[C@]1(C)OC[C@H](Cc2ccc(OCCn3ccc4ccccc43)cc2)CO1. The van der Waals surface area contributed by atoms with Crippen molar-refractivity contribution in [1.82, 2.24) is 4.57 Å². The lowest BCUT2D eigenvalue weighted by molar-refractivity contribution is -0.272. The summed E-state index contributed by atoms with van der Waals surface area (Å²) in [4.78, 5) is 11.7. The average Bonchev–Trinajstić information content (AvgIpc) is 3.19. The van der Waals surface area contributed by atoms with Gasteiger partial charge in [0.2, 0.25) is 0 Å². The molecular weight excluding hydrogens is 382 g/mol. The van der Waals surface area contributed by atoms with E-state index in [0.717, 1.165) is 18.7 Å². The predicted molar refractivity (Wildman–Crippen MR) is 113 cm³/mol. The number of methoxy groups -OCH3 is 1. The minimum Gasteiger partial charge on any atom is -0.492 e. The summed E-state index contributed by atoms with van der Waals surface area (Å²) in [5.41, 5.74) is 2.40. The van der Waals surface area contributed by atoms with Crippen LogP contribution in [-0.4, -0.2) is 43.3 Å². The van der Waals surface area contributed by atoms with Crippen molar-refractivity contribution in [3.8, 4) is 5.75 Å². The second-order valence-corrected chi connectivity index (χ2v) is 7.69. The minimum absolute atomic E-state index is 0.191. The average molecular weight is 409 g/mol. The molecule has 4 rings (SSSR count). The van der Waals surface area contributed by atoms with Gasteiger partial charge in [0, 0.05) is 24.6 Å². The molecule has 0 N–H and O–H groups in total.